The molecule has 0 spiro atoms. The van der Waals surface area contributed by atoms with Gasteiger partial charge in [0.05, 0.1) is 17.9 Å². The Kier molecular flexibility index (Phi) is 6.13. The van der Waals surface area contributed by atoms with Crippen molar-refractivity contribution < 1.29 is 28.6 Å². The number of thiophene rings is 1. The van der Waals surface area contributed by atoms with Crippen molar-refractivity contribution in [3.05, 3.63) is 34.2 Å². The molecule has 4 rings (SSSR count). The van der Waals surface area contributed by atoms with Gasteiger partial charge in [0.2, 0.25) is 0 Å². The third-order valence-electron chi connectivity index (χ3n) is 5.20. The summed E-state index contributed by atoms with van der Waals surface area (Å²) in [5.74, 6) is 0.483. The molecule has 0 saturated carbocycles. The molecule has 8 nitrogen and oxygen atoms in total. The van der Waals surface area contributed by atoms with Gasteiger partial charge in [0.1, 0.15) is 16.5 Å². The number of carbonyl (C=O) groups excluding carboxylic acids is 3. The Bertz CT molecular complexity index is 1030. The molecule has 2 amide bonds. The van der Waals surface area contributed by atoms with Gasteiger partial charge in [-0.15, -0.1) is 11.3 Å². The number of carbonyl (C=O) groups is 3. The van der Waals surface area contributed by atoms with E-state index in [1.54, 1.807) is 25.1 Å². The van der Waals surface area contributed by atoms with Crippen LogP contribution < -0.4 is 20.1 Å². The number of anilines is 2. The highest BCUT2D eigenvalue weighted by Crippen LogP contribution is 2.40. The number of rotatable bonds is 6. The molecule has 2 N–H and O–H groups in total. The third kappa shape index (κ3) is 4.66. The van der Waals surface area contributed by atoms with Gasteiger partial charge in [-0.3, -0.25) is 9.59 Å². The van der Waals surface area contributed by atoms with Crippen LogP contribution in [0.5, 0.6) is 11.5 Å². The number of hydrogen-bond donors (Lipinski definition) is 2. The van der Waals surface area contributed by atoms with E-state index in [4.69, 9.17) is 14.2 Å². The van der Waals surface area contributed by atoms with Crippen LogP contribution in [0.25, 0.3) is 0 Å². The van der Waals surface area contributed by atoms with Crippen LogP contribution in [0.15, 0.2) is 18.2 Å². The molecule has 1 atom stereocenters. The normalized spacial score (nSPS) is 17.0. The van der Waals surface area contributed by atoms with E-state index in [9.17, 15) is 14.4 Å². The standard InChI is InChI=1S/C22H24N2O6S/c1-3-28-22(27)20-14-6-4-12(2)8-17(14)31-21(20)24-19(26)10-29-13-5-7-16-15(9-13)23-18(25)11-30-16/h5,7,9,12H,3-4,6,8,10-11H2,1-2H3,(H,23,25)(H,24,26). The molecule has 2 heterocycles. The second-order valence-corrected chi connectivity index (χ2v) is 8.71. The van der Waals surface area contributed by atoms with Crippen molar-refractivity contribution in [1.82, 2.24) is 0 Å². The first-order valence-electron chi connectivity index (χ1n) is 10.3. The average molecular weight is 445 g/mol. The zero-order valence-electron chi connectivity index (χ0n) is 17.4. The van der Waals surface area contributed by atoms with Crippen molar-refractivity contribution in [1.29, 1.82) is 0 Å². The minimum atomic E-state index is -0.406. The third-order valence-corrected chi connectivity index (χ3v) is 6.37. The molecule has 9 heteroatoms. The highest BCUT2D eigenvalue weighted by atomic mass is 32.1. The average Bonchev–Trinajstić information content (AvgIpc) is 3.08. The first-order chi connectivity index (χ1) is 14.9. The van der Waals surface area contributed by atoms with Crippen molar-refractivity contribution in [2.45, 2.75) is 33.1 Å². The zero-order chi connectivity index (χ0) is 22.0. The Morgan fingerprint density at radius 1 is 1.35 bits per heavy atom. The van der Waals surface area contributed by atoms with E-state index < -0.39 is 5.97 Å². The van der Waals surface area contributed by atoms with Gasteiger partial charge < -0.3 is 24.8 Å². The van der Waals surface area contributed by atoms with E-state index in [2.05, 4.69) is 17.6 Å². The van der Waals surface area contributed by atoms with E-state index in [1.165, 1.54) is 11.3 Å². The smallest absolute Gasteiger partial charge is 0.341 e. The first-order valence-corrected chi connectivity index (χ1v) is 11.1. The van der Waals surface area contributed by atoms with Crippen molar-refractivity contribution in [2.24, 2.45) is 5.92 Å². The summed E-state index contributed by atoms with van der Waals surface area (Å²) < 4.78 is 16.1. The Labute approximate surface area is 183 Å². The molecule has 1 aromatic carbocycles. The monoisotopic (exact) mass is 444 g/mol. The predicted molar refractivity (Wildman–Crippen MR) is 116 cm³/mol. The van der Waals surface area contributed by atoms with Crippen molar-refractivity contribution in [3.8, 4) is 11.5 Å². The highest BCUT2D eigenvalue weighted by Gasteiger charge is 2.29. The number of benzene rings is 1. The highest BCUT2D eigenvalue weighted by molar-refractivity contribution is 7.17. The van der Waals surface area contributed by atoms with E-state index in [0.29, 0.717) is 33.7 Å². The van der Waals surface area contributed by atoms with Crippen LogP contribution in [-0.2, 0) is 27.2 Å². The molecule has 0 bridgehead atoms. The summed E-state index contributed by atoms with van der Waals surface area (Å²) in [7, 11) is 0. The van der Waals surface area contributed by atoms with Gasteiger partial charge in [0.15, 0.2) is 13.2 Å². The summed E-state index contributed by atoms with van der Waals surface area (Å²) in [6, 6.07) is 4.95. The van der Waals surface area contributed by atoms with E-state index in [1.807, 2.05) is 0 Å². The molecular weight excluding hydrogens is 420 g/mol. The maximum absolute atomic E-state index is 12.6. The van der Waals surface area contributed by atoms with Gasteiger partial charge in [-0.25, -0.2) is 4.79 Å². The van der Waals surface area contributed by atoms with Crippen LogP contribution in [0.3, 0.4) is 0 Å². The summed E-state index contributed by atoms with van der Waals surface area (Å²) >= 11 is 1.44. The maximum atomic E-state index is 12.6. The summed E-state index contributed by atoms with van der Waals surface area (Å²) in [4.78, 5) is 37.7. The van der Waals surface area contributed by atoms with Crippen molar-refractivity contribution in [3.63, 3.8) is 0 Å². The molecule has 1 aliphatic heterocycles. The van der Waals surface area contributed by atoms with Crippen LogP contribution in [-0.4, -0.2) is 37.6 Å². The number of amides is 2. The fourth-order valence-electron chi connectivity index (χ4n) is 3.72. The summed E-state index contributed by atoms with van der Waals surface area (Å²) in [6.07, 6.45) is 2.70. The number of fused-ring (bicyclic) bond motifs is 2. The molecule has 0 fully saturated rings. The van der Waals surface area contributed by atoms with Gasteiger partial charge in [-0.05, 0) is 49.8 Å². The topological polar surface area (TPSA) is 103 Å². The van der Waals surface area contributed by atoms with Crippen LogP contribution in [0.4, 0.5) is 10.7 Å². The van der Waals surface area contributed by atoms with E-state index in [-0.39, 0.29) is 31.6 Å². The van der Waals surface area contributed by atoms with Gasteiger partial charge in [-0.1, -0.05) is 6.92 Å². The quantitative estimate of drug-likeness (QED) is 0.662. The fourth-order valence-corrected chi connectivity index (χ4v) is 5.14. The minimum Gasteiger partial charge on any atom is -0.484 e. The lowest BCUT2D eigenvalue weighted by Crippen LogP contribution is -2.25. The summed E-state index contributed by atoms with van der Waals surface area (Å²) in [5, 5.41) is 6.03. The van der Waals surface area contributed by atoms with Crippen molar-refractivity contribution >= 4 is 39.8 Å². The van der Waals surface area contributed by atoms with Gasteiger partial charge in [0, 0.05) is 10.9 Å². The van der Waals surface area contributed by atoms with Gasteiger partial charge in [0.25, 0.3) is 11.8 Å². The largest absolute Gasteiger partial charge is 0.484 e. The Balaban J connectivity index is 1.45. The number of ether oxygens (including phenoxy) is 3. The summed E-state index contributed by atoms with van der Waals surface area (Å²) in [5.41, 5.74) is 1.96. The minimum absolute atomic E-state index is 0.0258. The Hall–Kier alpha value is -3.07. The lowest BCUT2D eigenvalue weighted by atomic mass is 9.88. The van der Waals surface area contributed by atoms with Crippen LogP contribution in [0.2, 0.25) is 0 Å². The predicted octanol–water partition coefficient (Wildman–Crippen LogP) is 3.40. The van der Waals surface area contributed by atoms with Crippen LogP contribution >= 0.6 is 11.3 Å². The maximum Gasteiger partial charge on any atom is 0.341 e. The molecule has 1 aliphatic carbocycles. The summed E-state index contributed by atoms with van der Waals surface area (Å²) in [6.45, 7) is 3.95. The number of nitrogens with one attached hydrogen (secondary N) is 2. The lowest BCUT2D eigenvalue weighted by Gasteiger charge is -2.18. The SMILES string of the molecule is CCOC(=O)c1c(NC(=O)COc2ccc3c(c2)NC(=O)CO3)sc2c1CCC(C)C2. The second kappa shape index (κ2) is 8.97. The lowest BCUT2D eigenvalue weighted by molar-refractivity contribution is -0.119. The second-order valence-electron chi connectivity index (χ2n) is 7.61. The Morgan fingerprint density at radius 3 is 3.00 bits per heavy atom. The molecule has 1 aromatic heterocycles. The number of hydrogen-bond acceptors (Lipinski definition) is 7. The number of esters is 1. The molecule has 0 saturated heterocycles. The van der Waals surface area contributed by atoms with E-state index in [0.717, 1.165) is 29.7 Å². The molecular formula is C22H24N2O6S. The molecule has 164 valence electrons. The molecule has 2 aromatic rings. The Morgan fingerprint density at radius 2 is 2.19 bits per heavy atom. The molecule has 1 unspecified atom stereocenters. The fraction of sp³-hybridized carbons (Fsp3) is 0.409. The van der Waals surface area contributed by atoms with Gasteiger partial charge in [-0.2, -0.15) is 0 Å². The van der Waals surface area contributed by atoms with Crippen LogP contribution in [0.1, 0.15) is 41.1 Å². The van der Waals surface area contributed by atoms with Crippen molar-refractivity contribution in [2.75, 3.05) is 30.5 Å². The van der Waals surface area contributed by atoms with E-state index >= 15 is 0 Å². The zero-order valence-corrected chi connectivity index (χ0v) is 18.2. The first kappa shape index (κ1) is 21.2. The molecule has 0 radical (unpaired) electrons. The van der Waals surface area contributed by atoms with Crippen LogP contribution in [0, 0.1) is 5.92 Å². The molecule has 31 heavy (non-hydrogen) atoms. The van der Waals surface area contributed by atoms with Gasteiger partial charge >= 0.3 is 5.97 Å². The molecule has 2 aliphatic rings.